The van der Waals surface area contributed by atoms with Crippen LogP contribution in [-0.2, 0) is 9.84 Å². The van der Waals surface area contributed by atoms with Crippen LogP contribution in [0.25, 0.3) is 10.9 Å². The van der Waals surface area contributed by atoms with Crippen molar-refractivity contribution >= 4 is 26.6 Å². The van der Waals surface area contributed by atoms with Crippen molar-refractivity contribution in [2.45, 2.75) is 18.9 Å². The van der Waals surface area contributed by atoms with Gasteiger partial charge in [0, 0.05) is 23.3 Å². The minimum atomic E-state index is -3.01. The third-order valence-electron chi connectivity index (χ3n) is 3.62. The predicted molar refractivity (Wildman–Crippen MR) is 77.4 cm³/mol. The fraction of sp³-hybridized carbons (Fsp3) is 0.357. The van der Waals surface area contributed by atoms with Crippen molar-refractivity contribution in [3.63, 3.8) is 0 Å². The molecule has 1 saturated heterocycles. The largest absolute Gasteiger partial charge is 0.361 e. The molecule has 0 saturated carbocycles. The Morgan fingerprint density at radius 1 is 1.30 bits per heavy atom. The number of fused-ring (bicyclic) bond motifs is 1. The molecule has 3 rings (SSSR count). The van der Waals surface area contributed by atoms with Crippen LogP contribution in [0.5, 0.6) is 0 Å². The second-order valence-electron chi connectivity index (χ2n) is 5.21. The molecule has 0 spiro atoms. The molecule has 2 heterocycles. The summed E-state index contributed by atoms with van der Waals surface area (Å²) in [5.41, 5.74) is 1.44. The van der Waals surface area contributed by atoms with Gasteiger partial charge in [-0.15, -0.1) is 0 Å². The zero-order chi connectivity index (χ0) is 14.2. The first-order valence-electron chi connectivity index (χ1n) is 6.62. The highest BCUT2D eigenvalue weighted by Gasteiger charge is 2.26. The average Bonchev–Trinajstić information content (AvgIpc) is 2.84. The van der Waals surface area contributed by atoms with Gasteiger partial charge < -0.3 is 10.3 Å². The summed E-state index contributed by atoms with van der Waals surface area (Å²) in [4.78, 5) is 15.2. The molecule has 1 amide bonds. The molecule has 1 atom stereocenters. The lowest BCUT2D eigenvalue weighted by molar-refractivity contribution is 0.0938. The Morgan fingerprint density at radius 3 is 2.95 bits per heavy atom. The van der Waals surface area contributed by atoms with Crippen molar-refractivity contribution < 1.29 is 13.2 Å². The number of hydrogen-bond donors (Lipinski definition) is 2. The van der Waals surface area contributed by atoms with E-state index in [1.807, 2.05) is 18.3 Å². The maximum Gasteiger partial charge on any atom is 0.251 e. The molecule has 1 aromatic heterocycles. The molecule has 0 aliphatic carbocycles. The summed E-state index contributed by atoms with van der Waals surface area (Å²) in [6, 6.07) is 7.06. The summed E-state index contributed by atoms with van der Waals surface area (Å²) in [6.07, 6.45) is 3.15. The van der Waals surface area contributed by atoms with Crippen molar-refractivity contribution in [2.75, 3.05) is 11.5 Å². The van der Waals surface area contributed by atoms with Crippen LogP contribution in [0.4, 0.5) is 0 Å². The van der Waals surface area contributed by atoms with Crippen LogP contribution in [0.15, 0.2) is 30.5 Å². The van der Waals surface area contributed by atoms with E-state index in [-0.39, 0.29) is 23.5 Å². The second-order valence-corrected chi connectivity index (χ2v) is 7.44. The number of aromatic amines is 1. The van der Waals surface area contributed by atoms with Crippen LogP contribution in [0.3, 0.4) is 0 Å². The van der Waals surface area contributed by atoms with Gasteiger partial charge in [-0.05, 0) is 36.4 Å². The van der Waals surface area contributed by atoms with Gasteiger partial charge >= 0.3 is 0 Å². The van der Waals surface area contributed by atoms with E-state index < -0.39 is 9.84 Å². The van der Waals surface area contributed by atoms with Gasteiger partial charge in [0.2, 0.25) is 0 Å². The van der Waals surface area contributed by atoms with Gasteiger partial charge in [0.05, 0.1) is 11.5 Å². The van der Waals surface area contributed by atoms with Gasteiger partial charge in [-0.25, -0.2) is 8.42 Å². The van der Waals surface area contributed by atoms with Crippen molar-refractivity contribution in [3.8, 4) is 0 Å². The van der Waals surface area contributed by atoms with Crippen LogP contribution in [0.2, 0.25) is 0 Å². The van der Waals surface area contributed by atoms with E-state index in [0.29, 0.717) is 12.0 Å². The quantitative estimate of drug-likeness (QED) is 0.880. The maximum atomic E-state index is 12.2. The Labute approximate surface area is 117 Å². The highest BCUT2D eigenvalue weighted by Crippen LogP contribution is 2.16. The van der Waals surface area contributed by atoms with Gasteiger partial charge in [0.1, 0.15) is 0 Å². The molecular weight excluding hydrogens is 276 g/mol. The summed E-state index contributed by atoms with van der Waals surface area (Å²) < 4.78 is 23.1. The Kier molecular flexibility index (Phi) is 3.25. The van der Waals surface area contributed by atoms with Crippen LogP contribution in [0, 0.1) is 0 Å². The van der Waals surface area contributed by atoms with E-state index in [1.165, 1.54) is 0 Å². The number of aromatic nitrogens is 1. The molecule has 2 aromatic rings. The third-order valence-corrected chi connectivity index (χ3v) is 5.44. The number of hydrogen-bond acceptors (Lipinski definition) is 3. The lowest BCUT2D eigenvalue weighted by Gasteiger charge is -2.23. The number of carbonyl (C=O) groups excluding carboxylic acids is 1. The fourth-order valence-electron chi connectivity index (χ4n) is 2.59. The van der Waals surface area contributed by atoms with Crippen molar-refractivity contribution in [3.05, 3.63) is 36.0 Å². The average molecular weight is 292 g/mol. The van der Waals surface area contributed by atoms with Crippen LogP contribution in [-0.4, -0.2) is 36.9 Å². The molecular formula is C14H16N2O3S. The topological polar surface area (TPSA) is 79.0 Å². The van der Waals surface area contributed by atoms with Crippen LogP contribution >= 0.6 is 0 Å². The minimum Gasteiger partial charge on any atom is -0.361 e. The molecule has 0 radical (unpaired) electrons. The lowest BCUT2D eigenvalue weighted by atomic mass is 10.1. The number of amides is 1. The van der Waals surface area contributed by atoms with Crippen molar-refractivity contribution in [1.82, 2.24) is 10.3 Å². The van der Waals surface area contributed by atoms with Crippen LogP contribution < -0.4 is 5.32 Å². The fourth-order valence-corrected chi connectivity index (χ4v) is 4.23. The lowest BCUT2D eigenvalue weighted by Crippen LogP contribution is -2.43. The Hall–Kier alpha value is -1.82. The first-order valence-corrected chi connectivity index (χ1v) is 8.44. The number of sulfone groups is 1. The zero-order valence-corrected chi connectivity index (χ0v) is 11.7. The molecule has 106 valence electrons. The summed E-state index contributed by atoms with van der Waals surface area (Å²) in [7, 11) is -3.01. The first-order chi connectivity index (χ1) is 9.53. The first kappa shape index (κ1) is 13.2. The van der Waals surface area contributed by atoms with Gasteiger partial charge in [0.25, 0.3) is 5.91 Å². The highest BCUT2D eigenvalue weighted by atomic mass is 32.2. The number of rotatable bonds is 2. The summed E-state index contributed by atoms with van der Waals surface area (Å²) in [5.74, 6) is 0.0562. The maximum absolute atomic E-state index is 12.2. The van der Waals surface area contributed by atoms with E-state index in [2.05, 4.69) is 10.3 Å². The van der Waals surface area contributed by atoms with E-state index in [1.54, 1.807) is 12.1 Å². The molecule has 1 aliphatic heterocycles. The molecule has 2 N–H and O–H groups in total. The summed E-state index contributed by atoms with van der Waals surface area (Å²) in [6.45, 7) is 0. The number of carbonyl (C=O) groups is 1. The molecule has 1 fully saturated rings. The molecule has 1 aliphatic rings. The van der Waals surface area contributed by atoms with E-state index in [4.69, 9.17) is 0 Å². The SMILES string of the molecule is O=C(NC1CCCS(=O)(=O)C1)c1ccc2cc[nH]c2c1. The van der Waals surface area contributed by atoms with E-state index in [9.17, 15) is 13.2 Å². The molecule has 1 aromatic carbocycles. The van der Waals surface area contributed by atoms with Crippen molar-refractivity contribution in [2.24, 2.45) is 0 Å². The normalized spacial score (nSPS) is 21.7. The second kappa shape index (κ2) is 4.94. The number of nitrogens with one attached hydrogen (secondary N) is 2. The van der Waals surface area contributed by atoms with Crippen molar-refractivity contribution in [1.29, 1.82) is 0 Å². The Balaban J connectivity index is 1.75. The molecule has 6 heteroatoms. The molecule has 0 bridgehead atoms. The van der Waals surface area contributed by atoms with Gasteiger partial charge in [-0.3, -0.25) is 4.79 Å². The third kappa shape index (κ3) is 2.70. The van der Waals surface area contributed by atoms with Gasteiger partial charge in [0.15, 0.2) is 9.84 Å². The zero-order valence-electron chi connectivity index (χ0n) is 10.9. The Morgan fingerprint density at radius 2 is 2.15 bits per heavy atom. The Bertz CT molecular complexity index is 749. The minimum absolute atomic E-state index is 0.0451. The van der Waals surface area contributed by atoms with Crippen LogP contribution in [0.1, 0.15) is 23.2 Å². The smallest absolute Gasteiger partial charge is 0.251 e. The molecule has 20 heavy (non-hydrogen) atoms. The standard InChI is InChI=1S/C14H16N2O3S/c17-14(16-12-2-1-7-20(18,19)9-12)11-4-3-10-5-6-15-13(10)8-11/h3-6,8,12,15H,1-2,7,9H2,(H,16,17). The molecule has 1 unspecified atom stereocenters. The summed E-state index contributed by atoms with van der Waals surface area (Å²) in [5, 5.41) is 3.86. The summed E-state index contributed by atoms with van der Waals surface area (Å²) >= 11 is 0. The molecule has 5 nitrogen and oxygen atoms in total. The monoisotopic (exact) mass is 292 g/mol. The van der Waals surface area contributed by atoms with Gasteiger partial charge in [-0.2, -0.15) is 0 Å². The van der Waals surface area contributed by atoms with E-state index >= 15 is 0 Å². The van der Waals surface area contributed by atoms with E-state index in [0.717, 1.165) is 17.3 Å². The number of H-pyrrole nitrogens is 1. The number of benzene rings is 1. The highest BCUT2D eigenvalue weighted by molar-refractivity contribution is 7.91. The predicted octanol–water partition coefficient (Wildman–Crippen LogP) is 1.47. The van der Waals surface area contributed by atoms with Gasteiger partial charge in [-0.1, -0.05) is 6.07 Å².